The van der Waals surface area contributed by atoms with Crippen LogP contribution in [0.15, 0.2) is 60.7 Å². The van der Waals surface area contributed by atoms with Gasteiger partial charge < -0.3 is 5.73 Å². The summed E-state index contributed by atoms with van der Waals surface area (Å²) in [6.45, 7) is 6.16. The lowest BCUT2D eigenvalue weighted by molar-refractivity contribution is -0.385. The van der Waals surface area contributed by atoms with Crippen molar-refractivity contribution in [3.63, 3.8) is 0 Å². The standard InChI is InChI=1S/C13H8FNO3.C9H13N/c14-10-6-7-11(12(8-10)15(17)18)13(16)9-4-2-1-3-5-9;1-6-4-7(2)9(10)8(3)5-6/h1-8H;4-5H,10H2,1-3H3. The summed E-state index contributed by atoms with van der Waals surface area (Å²) in [5.74, 6) is -1.24. The number of carbonyl (C=O) groups excluding carboxylic acids is 1. The molecular weight excluding hydrogens is 359 g/mol. The van der Waals surface area contributed by atoms with Gasteiger partial charge in [0.25, 0.3) is 5.69 Å². The van der Waals surface area contributed by atoms with Crippen LogP contribution in [-0.2, 0) is 0 Å². The van der Waals surface area contributed by atoms with Gasteiger partial charge in [0.1, 0.15) is 11.4 Å². The molecule has 5 nitrogen and oxygen atoms in total. The van der Waals surface area contributed by atoms with E-state index in [4.69, 9.17) is 5.73 Å². The molecule has 3 rings (SSSR count). The number of carbonyl (C=O) groups is 1. The van der Waals surface area contributed by atoms with Crippen molar-refractivity contribution in [1.29, 1.82) is 0 Å². The number of ketones is 1. The summed E-state index contributed by atoms with van der Waals surface area (Å²) in [6.07, 6.45) is 0. The van der Waals surface area contributed by atoms with E-state index in [0.29, 0.717) is 5.56 Å². The van der Waals surface area contributed by atoms with Crippen LogP contribution in [0.25, 0.3) is 0 Å². The van der Waals surface area contributed by atoms with Crippen LogP contribution in [0.2, 0.25) is 0 Å². The van der Waals surface area contributed by atoms with Crippen LogP contribution in [0.3, 0.4) is 0 Å². The van der Waals surface area contributed by atoms with Gasteiger partial charge in [-0.1, -0.05) is 48.0 Å². The second-order valence-corrected chi connectivity index (χ2v) is 6.43. The monoisotopic (exact) mass is 380 g/mol. The smallest absolute Gasteiger partial charge is 0.283 e. The molecule has 6 heteroatoms. The Morgan fingerprint density at radius 1 is 0.964 bits per heavy atom. The number of rotatable bonds is 3. The predicted octanol–water partition coefficient (Wildman–Crippen LogP) is 5.16. The van der Waals surface area contributed by atoms with Gasteiger partial charge in [-0.3, -0.25) is 14.9 Å². The SMILES string of the molecule is Cc1cc(C)c(N)c(C)c1.O=C(c1ccccc1)c1ccc(F)cc1[N+](=O)[O-]. The summed E-state index contributed by atoms with van der Waals surface area (Å²) in [7, 11) is 0. The fraction of sp³-hybridized carbons (Fsp3) is 0.136. The van der Waals surface area contributed by atoms with Gasteiger partial charge in [-0.15, -0.1) is 0 Å². The van der Waals surface area contributed by atoms with Crippen molar-refractivity contribution >= 4 is 17.2 Å². The minimum absolute atomic E-state index is 0.118. The zero-order chi connectivity index (χ0) is 20.8. The van der Waals surface area contributed by atoms with Crippen LogP contribution in [0.4, 0.5) is 15.8 Å². The number of nitrogens with zero attached hydrogens (tertiary/aromatic N) is 1. The van der Waals surface area contributed by atoms with E-state index >= 15 is 0 Å². The maximum Gasteiger partial charge on any atom is 0.283 e. The van der Waals surface area contributed by atoms with E-state index in [0.717, 1.165) is 23.9 Å². The number of nitro benzene ring substituents is 1. The van der Waals surface area contributed by atoms with Crippen molar-refractivity contribution in [2.24, 2.45) is 0 Å². The number of hydrogen-bond acceptors (Lipinski definition) is 4. The van der Waals surface area contributed by atoms with E-state index < -0.39 is 22.2 Å². The molecule has 0 atom stereocenters. The van der Waals surface area contributed by atoms with Crippen LogP contribution in [0.1, 0.15) is 32.6 Å². The Morgan fingerprint density at radius 3 is 2.07 bits per heavy atom. The normalized spacial score (nSPS) is 10.0. The Hall–Kier alpha value is -3.54. The van der Waals surface area contributed by atoms with Crippen molar-refractivity contribution < 1.29 is 14.1 Å². The molecule has 0 bridgehead atoms. The fourth-order valence-electron chi connectivity index (χ4n) is 2.78. The predicted molar refractivity (Wildman–Crippen MR) is 108 cm³/mol. The first-order valence-electron chi connectivity index (χ1n) is 8.57. The summed E-state index contributed by atoms with van der Waals surface area (Å²) in [4.78, 5) is 22.1. The molecule has 2 N–H and O–H groups in total. The molecule has 0 amide bonds. The number of nitro groups is 1. The topological polar surface area (TPSA) is 86.2 Å². The molecule has 0 aliphatic carbocycles. The lowest BCUT2D eigenvalue weighted by Crippen LogP contribution is -2.05. The molecule has 3 aromatic carbocycles. The Kier molecular flexibility index (Phi) is 6.60. The Balaban J connectivity index is 0.000000237. The zero-order valence-corrected chi connectivity index (χ0v) is 15.9. The van der Waals surface area contributed by atoms with Gasteiger partial charge in [0, 0.05) is 11.3 Å². The van der Waals surface area contributed by atoms with E-state index in [1.54, 1.807) is 30.3 Å². The molecule has 0 saturated carbocycles. The van der Waals surface area contributed by atoms with Gasteiger partial charge in [0.15, 0.2) is 5.78 Å². The van der Waals surface area contributed by atoms with Gasteiger partial charge in [0.2, 0.25) is 0 Å². The number of halogens is 1. The third-order valence-corrected chi connectivity index (χ3v) is 4.18. The lowest BCUT2D eigenvalue weighted by Gasteiger charge is -2.04. The molecule has 144 valence electrons. The van der Waals surface area contributed by atoms with Crippen LogP contribution in [-0.4, -0.2) is 10.7 Å². The van der Waals surface area contributed by atoms with E-state index in [9.17, 15) is 19.3 Å². The average molecular weight is 380 g/mol. The molecule has 3 aromatic rings. The molecule has 0 fully saturated rings. The third-order valence-electron chi connectivity index (χ3n) is 4.18. The highest BCUT2D eigenvalue weighted by molar-refractivity contribution is 6.11. The summed E-state index contributed by atoms with van der Waals surface area (Å²) in [5, 5.41) is 10.8. The highest BCUT2D eigenvalue weighted by atomic mass is 19.1. The van der Waals surface area contributed by atoms with Crippen molar-refractivity contribution in [1.82, 2.24) is 0 Å². The summed E-state index contributed by atoms with van der Waals surface area (Å²) < 4.78 is 13.0. The van der Waals surface area contributed by atoms with Gasteiger partial charge in [-0.05, 0) is 44.0 Å². The second kappa shape index (κ2) is 8.90. The Labute approximate surface area is 162 Å². The maximum absolute atomic E-state index is 13.0. The number of anilines is 1. The first-order chi connectivity index (χ1) is 13.2. The van der Waals surface area contributed by atoms with Crippen molar-refractivity contribution in [3.8, 4) is 0 Å². The average Bonchev–Trinajstić information content (AvgIpc) is 2.66. The molecule has 0 radical (unpaired) electrons. The summed E-state index contributed by atoms with van der Waals surface area (Å²) >= 11 is 0. The number of aryl methyl sites for hydroxylation is 3. The Bertz CT molecular complexity index is 995. The first kappa shape index (κ1) is 20.8. The van der Waals surface area contributed by atoms with Crippen molar-refractivity contribution in [2.45, 2.75) is 20.8 Å². The van der Waals surface area contributed by atoms with Crippen LogP contribution < -0.4 is 5.73 Å². The van der Waals surface area contributed by atoms with E-state index in [1.807, 2.05) is 13.8 Å². The van der Waals surface area contributed by atoms with Crippen LogP contribution in [0, 0.1) is 36.7 Å². The van der Waals surface area contributed by atoms with Crippen LogP contribution in [0.5, 0.6) is 0 Å². The van der Waals surface area contributed by atoms with Gasteiger partial charge in [-0.2, -0.15) is 0 Å². The minimum atomic E-state index is -0.765. The molecule has 0 unspecified atom stereocenters. The van der Waals surface area contributed by atoms with Gasteiger partial charge in [-0.25, -0.2) is 4.39 Å². The van der Waals surface area contributed by atoms with E-state index in [-0.39, 0.29) is 5.56 Å². The molecule has 0 aliphatic rings. The molecule has 28 heavy (non-hydrogen) atoms. The molecule has 0 aliphatic heterocycles. The maximum atomic E-state index is 13.0. The van der Waals surface area contributed by atoms with Gasteiger partial charge >= 0.3 is 0 Å². The summed E-state index contributed by atoms with van der Waals surface area (Å²) in [5.41, 5.74) is 9.99. The fourth-order valence-corrected chi connectivity index (χ4v) is 2.78. The summed E-state index contributed by atoms with van der Waals surface area (Å²) in [6, 6.07) is 15.2. The molecule has 0 saturated heterocycles. The second-order valence-electron chi connectivity index (χ2n) is 6.43. The highest BCUT2D eigenvalue weighted by Crippen LogP contribution is 2.22. The first-order valence-corrected chi connectivity index (χ1v) is 8.57. The Morgan fingerprint density at radius 2 is 1.54 bits per heavy atom. The van der Waals surface area contributed by atoms with E-state index in [1.165, 1.54) is 16.7 Å². The number of hydrogen-bond donors (Lipinski definition) is 1. The molecular formula is C22H21FN2O3. The highest BCUT2D eigenvalue weighted by Gasteiger charge is 2.21. The van der Waals surface area contributed by atoms with Crippen LogP contribution >= 0.6 is 0 Å². The minimum Gasteiger partial charge on any atom is -0.398 e. The van der Waals surface area contributed by atoms with Gasteiger partial charge in [0.05, 0.1) is 11.0 Å². The number of nitrogens with two attached hydrogens (primary N) is 1. The molecule has 0 spiro atoms. The van der Waals surface area contributed by atoms with E-state index in [2.05, 4.69) is 19.1 Å². The molecule has 0 aromatic heterocycles. The largest absolute Gasteiger partial charge is 0.398 e. The lowest BCUT2D eigenvalue weighted by atomic mass is 10.0. The van der Waals surface area contributed by atoms with Crippen molar-refractivity contribution in [3.05, 3.63) is 104 Å². The number of benzene rings is 3. The zero-order valence-electron chi connectivity index (χ0n) is 15.9. The third kappa shape index (κ3) is 5.01. The quantitative estimate of drug-likeness (QED) is 0.294. The van der Waals surface area contributed by atoms with Crippen molar-refractivity contribution in [2.75, 3.05) is 5.73 Å². The molecule has 0 heterocycles. The number of nitrogen functional groups attached to an aromatic ring is 1.